The van der Waals surface area contributed by atoms with E-state index in [1.807, 2.05) is 12.2 Å². The van der Waals surface area contributed by atoms with Gasteiger partial charge in [0.25, 0.3) is 0 Å². The minimum atomic E-state index is -0.337. The molecule has 0 aliphatic heterocycles. The van der Waals surface area contributed by atoms with E-state index in [0.29, 0.717) is 11.4 Å². The molecule has 0 fully saturated rings. The van der Waals surface area contributed by atoms with Crippen LogP contribution in [0.3, 0.4) is 0 Å². The van der Waals surface area contributed by atoms with Gasteiger partial charge >= 0.3 is 5.97 Å². The molecule has 0 heterocycles. The van der Waals surface area contributed by atoms with E-state index in [1.165, 1.54) is 30.4 Å². The molecule has 0 aromatic heterocycles. The number of carbonyl (C=O) groups excluding carboxylic acids is 1. The van der Waals surface area contributed by atoms with Crippen molar-refractivity contribution in [1.82, 2.24) is 0 Å². The standard InChI is InChI=1S/C19H18ClFO2/c1-23-19(22)13-6-5-12-3-2-4-16(15(12)9-7-13)17-10-8-14(21)11-18(17)20/h4-6,8,10-11,13H,2-3,7,9H2,1H3. The van der Waals surface area contributed by atoms with Crippen molar-refractivity contribution < 1.29 is 13.9 Å². The second-order valence-corrected chi connectivity index (χ2v) is 6.22. The van der Waals surface area contributed by atoms with Gasteiger partial charge in [0.1, 0.15) is 5.82 Å². The minimum Gasteiger partial charge on any atom is -0.469 e. The summed E-state index contributed by atoms with van der Waals surface area (Å²) in [6.45, 7) is 0. The van der Waals surface area contributed by atoms with Crippen LogP contribution >= 0.6 is 11.6 Å². The molecule has 0 saturated carbocycles. The van der Waals surface area contributed by atoms with Crippen LogP contribution in [0.4, 0.5) is 4.39 Å². The first-order valence-corrected chi connectivity index (χ1v) is 8.12. The van der Waals surface area contributed by atoms with Crippen LogP contribution in [0.2, 0.25) is 5.02 Å². The number of esters is 1. The Bertz CT molecular complexity index is 731. The highest BCUT2D eigenvalue weighted by Gasteiger charge is 2.24. The fourth-order valence-corrected chi connectivity index (χ4v) is 3.52. The fourth-order valence-electron chi connectivity index (χ4n) is 3.25. The lowest BCUT2D eigenvalue weighted by Gasteiger charge is -2.21. The van der Waals surface area contributed by atoms with Crippen molar-refractivity contribution in [3.8, 4) is 0 Å². The van der Waals surface area contributed by atoms with Crippen LogP contribution in [-0.2, 0) is 9.53 Å². The van der Waals surface area contributed by atoms with Crippen LogP contribution < -0.4 is 0 Å². The summed E-state index contributed by atoms with van der Waals surface area (Å²) in [7, 11) is 1.41. The van der Waals surface area contributed by atoms with E-state index in [9.17, 15) is 9.18 Å². The third-order valence-corrected chi connectivity index (χ3v) is 4.75. The molecule has 1 aromatic carbocycles. The first-order valence-electron chi connectivity index (χ1n) is 7.74. The number of carbonyl (C=O) groups is 1. The number of ether oxygens (including phenoxy) is 1. The van der Waals surface area contributed by atoms with E-state index < -0.39 is 0 Å². The summed E-state index contributed by atoms with van der Waals surface area (Å²) in [6.07, 6.45) is 9.47. The summed E-state index contributed by atoms with van der Waals surface area (Å²) in [5.74, 6) is -0.752. The fraction of sp³-hybridized carbons (Fsp3) is 0.316. The Morgan fingerprint density at radius 2 is 2.17 bits per heavy atom. The van der Waals surface area contributed by atoms with E-state index in [-0.39, 0.29) is 17.7 Å². The first-order chi connectivity index (χ1) is 11.1. The number of benzene rings is 1. The van der Waals surface area contributed by atoms with Crippen LogP contribution in [-0.4, -0.2) is 13.1 Å². The summed E-state index contributed by atoms with van der Waals surface area (Å²) in [6, 6.07) is 4.50. The van der Waals surface area contributed by atoms with Gasteiger partial charge in [0.15, 0.2) is 0 Å². The molecule has 0 radical (unpaired) electrons. The van der Waals surface area contributed by atoms with Gasteiger partial charge in [-0.3, -0.25) is 4.79 Å². The van der Waals surface area contributed by atoms with Crippen molar-refractivity contribution in [2.45, 2.75) is 25.7 Å². The zero-order valence-corrected chi connectivity index (χ0v) is 13.7. The van der Waals surface area contributed by atoms with Crippen LogP contribution in [0.1, 0.15) is 31.2 Å². The van der Waals surface area contributed by atoms with E-state index in [2.05, 4.69) is 6.08 Å². The molecule has 0 amide bonds. The predicted octanol–water partition coefficient (Wildman–Crippen LogP) is 5.09. The number of allylic oxidation sites excluding steroid dienone is 5. The summed E-state index contributed by atoms with van der Waals surface area (Å²) in [5.41, 5.74) is 4.35. The topological polar surface area (TPSA) is 26.3 Å². The molecule has 0 N–H and O–H groups in total. The lowest BCUT2D eigenvalue weighted by molar-refractivity contribution is -0.143. The molecular weight excluding hydrogens is 315 g/mol. The van der Waals surface area contributed by atoms with Crippen molar-refractivity contribution >= 4 is 23.1 Å². The molecule has 0 spiro atoms. The molecule has 2 aliphatic carbocycles. The van der Waals surface area contributed by atoms with Crippen LogP contribution in [0.5, 0.6) is 0 Å². The smallest absolute Gasteiger partial charge is 0.312 e. The number of hydrogen-bond acceptors (Lipinski definition) is 2. The molecule has 2 nitrogen and oxygen atoms in total. The van der Waals surface area contributed by atoms with Gasteiger partial charge in [-0.2, -0.15) is 0 Å². The van der Waals surface area contributed by atoms with Gasteiger partial charge < -0.3 is 4.74 Å². The predicted molar refractivity (Wildman–Crippen MR) is 89.5 cm³/mol. The van der Waals surface area contributed by atoms with Gasteiger partial charge in [-0.05, 0) is 60.6 Å². The monoisotopic (exact) mass is 332 g/mol. The molecule has 3 rings (SSSR count). The molecular formula is C19H18ClFO2. The van der Waals surface area contributed by atoms with Crippen LogP contribution in [0.15, 0.2) is 47.6 Å². The van der Waals surface area contributed by atoms with Gasteiger partial charge in [0.05, 0.1) is 18.1 Å². The van der Waals surface area contributed by atoms with Crippen molar-refractivity contribution in [1.29, 1.82) is 0 Å². The number of methoxy groups -OCH3 is 1. The lowest BCUT2D eigenvalue weighted by atomic mass is 9.85. The quantitative estimate of drug-likeness (QED) is 0.705. The normalized spacial score (nSPS) is 20.7. The second kappa shape index (κ2) is 6.71. The average molecular weight is 333 g/mol. The molecule has 0 bridgehead atoms. The highest BCUT2D eigenvalue weighted by Crippen LogP contribution is 2.40. The first kappa shape index (κ1) is 16.0. The zero-order chi connectivity index (χ0) is 16.4. The van der Waals surface area contributed by atoms with E-state index in [4.69, 9.17) is 16.3 Å². The summed E-state index contributed by atoms with van der Waals surface area (Å²) < 4.78 is 18.2. The van der Waals surface area contributed by atoms with Gasteiger partial charge in [0, 0.05) is 5.56 Å². The Labute approximate surface area is 140 Å². The minimum absolute atomic E-state index is 0.202. The highest BCUT2D eigenvalue weighted by atomic mass is 35.5. The third kappa shape index (κ3) is 3.25. The Hall–Kier alpha value is -1.87. The SMILES string of the molecule is COC(=O)C1C=CC2=C(CC1)C(c1ccc(F)cc1Cl)=CCC2. The van der Waals surface area contributed by atoms with Crippen molar-refractivity contribution in [2.24, 2.45) is 5.92 Å². The van der Waals surface area contributed by atoms with Gasteiger partial charge in [-0.25, -0.2) is 4.39 Å². The summed E-state index contributed by atoms with van der Waals surface area (Å²) in [5, 5.41) is 0.419. The third-order valence-electron chi connectivity index (χ3n) is 4.44. The van der Waals surface area contributed by atoms with E-state index >= 15 is 0 Å². The van der Waals surface area contributed by atoms with E-state index in [0.717, 1.165) is 30.4 Å². The number of hydrogen-bond donors (Lipinski definition) is 0. The largest absolute Gasteiger partial charge is 0.469 e. The second-order valence-electron chi connectivity index (χ2n) is 5.81. The van der Waals surface area contributed by atoms with Gasteiger partial charge in [0.2, 0.25) is 0 Å². The summed E-state index contributed by atoms with van der Waals surface area (Å²) in [4.78, 5) is 11.8. The molecule has 1 unspecified atom stereocenters. The Morgan fingerprint density at radius 1 is 1.35 bits per heavy atom. The maximum absolute atomic E-state index is 13.3. The molecule has 1 aromatic rings. The molecule has 0 saturated heterocycles. The number of rotatable bonds is 2. The molecule has 120 valence electrons. The molecule has 23 heavy (non-hydrogen) atoms. The van der Waals surface area contributed by atoms with Crippen molar-refractivity contribution in [3.63, 3.8) is 0 Å². The average Bonchev–Trinajstić information content (AvgIpc) is 2.77. The molecule has 4 heteroatoms. The van der Waals surface area contributed by atoms with Crippen molar-refractivity contribution in [2.75, 3.05) is 7.11 Å². The van der Waals surface area contributed by atoms with Crippen molar-refractivity contribution in [3.05, 3.63) is 64.0 Å². The zero-order valence-electron chi connectivity index (χ0n) is 12.9. The van der Waals surface area contributed by atoms with Crippen LogP contribution in [0.25, 0.3) is 5.57 Å². The molecule has 2 aliphatic rings. The maximum atomic E-state index is 13.3. The Morgan fingerprint density at radius 3 is 2.91 bits per heavy atom. The maximum Gasteiger partial charge on any atom is 0.312 e. The molecule has 1 atom stereocenters. The van der Waals surface area contributed by atoms with E-state index in [1.54, 1.807) is 6.07 Å². The Kier molecular flexibility index (Phi) is 4.67. The lowest BCUT2D eigenvalue weighted by Crippen LogP contribution is -2.13. The summed E-state index contributed by atoms with van der Waals surface area (Å²) >= 11 is 6.24. The highest BCUT2D eigenvalue weighted by molar-refractivity contribution is 6.32. The number of halogens is 2. The Balaban J connectivity index is 1.93. The van der Waals surface area contributed by atoms with Gasteiger partial charge in [-0.1, -0.05) is 29.8 Å². The van der Waals surface area contributed by atoms with Crippen LogP contribution in [0, 0.1) is 11.7 Å². The van der Waals surface area contributed by atoms with Gasteiger partial charge in [-0.15, -0.1) is 0 Å².